The van der Waals surface area contributed by atoms with Gasteiger partial charge in [-0.3, -0.25) is 4.79 Å². The molecule has 1 aromatic carbocycles. The van der Waals surface area contributed by atoms with Crippen molar-refractivity contribution in [3.8, 4) is 0 Å². The number of carbonyl (C=O) groups excluding carboxylic acids is 1. The van der Waals surface area contributed by atoms with E-state index in [2.05, 4.69) is 9.72 Å². The van der Waals surface area contributed by atoms with Gasteiger partial charge in [0.2, 0.25) is 0 Å². The molecule has 0 bridgehead atoms. The molecule has 0 aliphatic heterocycles. The van der Waals surface area contributed by atoms with Crippen molar-refractivity contribution in [3.05, 3.63) is 35.8 Å². The predicted molar refractivity (Wildman–Crippen MR) is 69.3 cm³/mol. The molecule has 1 atom stereocenters. The molecule has 0 spiro atoms. The van der Waals surface area contributed by atoms with Gasteiger partial charge in [-0.25, -0.2) is 4.39 Å². The Morgan fingerprint density at radius 1 is 1.56 bits per heavy atom. The molecule has 0 saturated heterocycles. The van der Waals surface area contributed by atoms with Crippen LogP contribution in [-0.2, 0) is 9.53 Å². The summed E-state index contributed by atoms with van der Waals surface area (Å²) in [5.41, 5.74) is 6.99. The number of benzene rings is 1. The van der Waals surface area contributed by atoms with Gasteiger partial charge in [0, 0.05) is 23.6 Å². The third kappa shape index (κ3) is 2.47. The first-order chi connectivity index (χ1) is 8.17. The van der Waals surface area contributed by atoms with Gasteiger partial charge in [0.05, 0.1) is 13.0 Å². The molecule has 1 unspecified atom stereocenters. The topological polar surface area (TPSA) is 68.1 Å². The van der Waals surface area contributed by atoms with E-state index in [1.165, 1.54) is 19.2 Å². The number of fused-ring (bicyclic) bond motifs is 1. The number of ether oxygens (including phenoxy) is 1. The van der Waals surface area contributed by atoms with Crippen LogP contribution in [0.15, 0.2) is 24.4 Å². The maximum Gasteiger partial charge on any atom is 0.314 e. The van der Waals surface area contributed by atoms with Gasteiger partial charge in [0.15, 0.2) is 0 Å². The molecule has 1 heterocycles. The fourth-order valence-electron chi connectivity index (χ4n) is 1.90. The number of halogens is 2. The highest BCUT2D eigenvalue weighted by atomic mass is 35.5. The third-order valence-corrected chi connectivity index (χ3v) is 2.77. The van der Waals surface area contributed by atoms with Gasteiger partial charge in [0.1, 0.15) is 5.82 Å². The second-order valence-corrected chi connectivity index (χ2v) is 3.75. The summed E-state index contributed by atoms with van der Waals surface area (Å²) in [6.45, 7) is 0.121. The first kappa shape index (κ1) is 14.5. The van der Waals surface area contributed by atoms with Crippen molar-refractivity contribution in [2.45, 2.75) is 5.92 Å². The molecule has 98 valence electrons. The quantitative estimate of drug-likeness (QED) is 0.839. The lowest BCUT2D eigenvalue weighted by Gasteiger charge is -2.11. The molecule has 4 nitrogen and oxygen atoms in total. The summed E-state index contributed by atoms with van der Waals surface area (Å²) in [5.74, 6) is -1.34. The molecular weight excluding hydrogens is 259 g/mol. The molecule has 3 N–H and O–H groups in total. The van der Waals surface area contributed by atoms with Crippen LogP contribution in [-0.4, -0.2) is 24.6 Å². The van der Waals surface area contributed by atoms with E-state index in [4.69, 9.17) is 5.73 Å². The standard InChI is InChI=1S/C12H13FN2O2.ClH/c1-17-12(16)9(5-14)10-6-15-11-3-2-7(13)4-8(10)11;/h2-4,6,9,15H,5,14H2,1H3;1H. The summed E-state index contributed by atoms with van der Waals surface area (Å²) < 4.78 is 17.9. The minimum Gasteiger partial charge on any atom is -0.469 e. The number of carbonyl (C=O) groups is 1. The number of rotatable bonds is 3. The van der Waals surface area contributed by atoms with E-state index in [0.29, 0.717) is 10.9 Å². The molecule has 0 radical (unpaired) electrons. The molecule has 0 amide bonds. The lowest BCUT2D eigenvalue weighted by Crippen LogP contribution is -2.22. The Morgan fingerprint density at radius 3 is 2.89 bits per heavy atom. The van der Waals surface area contributed by atoms with Crippen LogP contribution >= 0.6 is 12.4 Å². The SMILES string of the molecule is COC(=O)C(CN)c1c[nH]c2ccc(F)cc12.Cl. The number of H-pyrrole nitrogens is 1. The molecule has 2 aromatic rings. The van der Waals surface area contributed by atoms with E-state index in [0.717, 1.165) is 5.52 Å². The highest BCUT2D eigenvalue weighted by Gasteiger charge is 2.22. The Labute approximate surface area is 110 Å². The van der Waals surface area contributed by atoms with Crippen LogP contribution in [0.3, 0.4) is 0 Å². The first-order valence-electron chi connectivity index (χ1n) is 5.21. The summed E-state index contributed by atoms with van der Waals surface area (Å²) in [5, 5.41) is 0.658. The summed E-state index contributed by atoms with van der Waals surface area (Å²) >= 11 is 0. The molecule has 2 rings (SSSR count). The van der Waals surface area contributed by atoms with E-state index < -0.39 is 11.9 Å². The van der Waals surface area contributed by atoms with E-state index in [9.17, 15) is 9.18 Å². The molecule has 0 fully saturated rings. The van der Waals surface area contributed by atoms with Crippen LogP contribution < -0.4 is 5.73 Å². The summed E-state index contributed by atoms with van der Waals surface area (Å²) in [6, 6.07) is 4.37. The maximum atomic E-state index is 13.2. The smallest absolute Gasteiger partial charge is 0.314 e. The summed E-state index contributed by atoms with van der Waals surface area (Å²) in [4.78, 5) is 14.5. The van der Waals surface area contributed by atoms with Crippen molar-refractivity contribution in [3.63, 3.8) is 0 Å². The van der Waals surface area contributed by atoms with Gasteiger partial charge in [-0.2, -0.15) is 0 Å². The van der Waals surface area contributed by atoms with Crippen molar-refractivity contribution in [1.29, 1.82) is 0 Å². The average Bonchev–Trinajstić information content (AvgIpc) is 2.73. The predicted octanol–water partition coefficient (Wildman–Crippen LogP) is 1.94. The fourth-order valence-corrected chi connectivity index (χ4v) is 1.90. The molecule has 0 saturated carbocycles. The first-order valence-corrected chi connectivity index (χ1v) is 5.21. The molecule has 0 aliphatic carbocycles. The van der Waals surface area contributed by atoms with Crippen LogP contribution in [0, 0.1) is 5.82 Å². The largest absolute Gasteiger partial charge is 0.469 e. The Balaban J connectivity index is 0.00000162. The van der Waals surface area contributed by atoms with E-state index in [1.807, 2.05) is 0 Å². The zero-order valence-electron chi connectivity index (χ0n) is 9.77. The maximum absolute atomic E-state index is 13.2. The number of aromatic amines is 1. The Hall–Kier alpha value is -1.59. The van der Waals surface area contributed by atoms with E-state index >= 15 is 0 Å². The average molecular weight is 273 g/mol. The number of aromatic nitrogens is 1. The number of esters is 1. The van der Waals surface area contributed by atoms with Gasteiger partial charge in [-0.15, -0.1) is 12.4 Å². The van der Waals surface area contributed by atoms with Crippen LogP contribution in [0.1, 0.15) is 11.5 Å². The van der Waals surface area contributed by atoms with Crippen LogP contribution in [0.5, 0.6) is 0 Å². The van der Waals surface area contributed by atoms with Gasteiger partial charge in [-0.05, 0) is 23.8 Å². The second-order valence-electron chi connectivity index (χ2n) is 3.75. The van der Waals surface area contributed by atoms with Crippen LogP contribution in [0.2, 0.25) is 0 Å². The van der Waals surface area contributed by atoms with Gasteiger partial charge >= 0.3 is 5.97 Å². The lowest BCUT2D eigenvalue weighted by atomic mass is 9.99. The number of hydrogen-bond acceptors (Lipinski definition) is 3. The molecule has 18 heavy (non-hydrogen) atoms. The second kappa shape index (κ2) is 5.84. The minimum atomic E-state index is -0.574. The van der Waals surface area contributed by atoms with Crippen molar-refractivity contribution in [1.82, 2.24) is 4.98 Å². The van der Waals surface area contributed by atoms with Crippen molar-refractivity contribution >= 4 is 29.3 Å². The van der Waals surface area contributed by atoms with Crippen molar-refractivity contribution in [2.24, 2.45) is 5.73 Å². The highest BCUT2D eigenvalue weighted by molar-refractivity contribution is 5.90. The minimum absolute atomic E-state index is 0. The van der Waals surface area contributed by atoms with E-state index in [-0.39, 0.29) is 24.8 Å². The van der Waals surface area contributed by atoms with Crippen molar-refractivity contribution in [2.75, 3.05) is 13.7 Å². The molecular formula is C12H14ClFN2O2. The molecule has 6 heteroatoms. The van der Waals surface area contributed by atoms with Crippen molar-refractivity contribution < 1.29 is 13.9 Å². The van der Waals surface area contributed by atoms with Gasteiger partial charge < -0.3 is 15.5 Å². The summed E-state index contributed by atoms with van der Waals surface area (Å²) in [7, 11) is 1.31. The van der Waals surface area contributed by atoms with Crippen LogP contribution in [0.4, 0.5) is 4.39 Å². The normalized spacial score (nSPS) is 11.9. The van der Waals surface area contributed by atoms with E-state index in [1.54, 1.807) is 12.3 Å². The Kier molecular flexibility index (Phi) is 4.69. The third-order valence-electron chi connectivity index (χ3n) is 2.77. The summed E-state index contributed by atoms with van der Waals surface area (Å²) in [6.07, 6.45) is 1.67. The Morgan fingerprint density at radius 2 is 2.28 bits per heavy atom. The van der Waals surface area contributed by atoms with Crippen LogP contribution in [0.25, 0.3) is 10.9 Å². The molecule has 0 aliphatic rings. The Bertz CT molecular complexity index is 556. The monoisotopic (exact) mass is 272 g/mol. The van der Waals surface area contributed by atoms with Gasteiger partial charge in [-0.1, -0.05) is 0 Å². The lowest BCUT2D eigenvalue weighted by molar-refractivity contribution is -0.142. The number of nitrogens with two attached hydrogens (primary N) is 1. The molecule has 1 aromatic heterocycles. The number of nitrogens with one attached hydrogen (secondary N) is 1. The highest BCUT2D eigenvalue weighted by Crippen LogP contribution is 2.26. The number of hydrogen-bond donors (Lipinski definition) is 2. The zero-order valence-corrected chi connectivity index (χ0v) is 10.6. The zero-order chi connectivity index (χ0) is 12.4. The fraction of sp³-hybridized carbons (Fsp3) is 0.250. The number of methoxy groups -OCH3 is 1. The van der Waals surface area contributed by atoms with Gasteiger partial charge in [0.25, 0.3) is 0 Å².